The van der Waals surface area contributed by atoms with E-state index in [1.54, 1.807) is 38.1 Å². The second kappa shape index (κ2) is 11.1. The molecule has 29 heavy (non-hydrogen) atoms. The second-order valence-electron chi connectivity index (χ2n) is 7.34. The van der Waals surface area contributed by atoms with Crippen molar-refractivity contribution in [1.82, 2.24) is 4.72 Å². The Bertz CT molecular complexity index is 798. The molecule has 1 aromatic rings. The molecular formula is C21H29NO6S. The maximum Gasteiger partial charge on any atom is 0.331 e. The highest BCUT2D eigenvalue weighted by atomic mass is 32.2. The largest absolute Gasteiger partial charge is 0.460 e. The summed E-state index contributed by atoms with van der Waals surface area (Å²) in [6.45, 7) is 3.22. The molecular weight excluding hydrogens is 394 g/mol. The van der Waals surface area contributed by atoms with Crippen LogP contribution in [0.25, 0.3) is 0 Å². The minimum absolute atomic E-state index is 0.182. The summed E-state index contributed by atoms with van der Waals surface area (Å²) in [5.41, 5.74) is 0.697. The van der Waals surface area contributed by atoms with Gasteiger partial charge in [0.1, 0.15) is 6.61 Å². The molecule has 0 radical (unpaired) electrons. The van der Waals surface area contributed by atoms with E-state index in [1.807, 2.05) is 6.07 Å². The third-order valence-corrected chi connectivity index (χ3v) is 6.56. The van der Waals surface area contributed by atoms with Crippen LogP contribution in [-0.4, -0.2) is 38.3 Å². The molecule has 0 bridgehead atoms. The van der Waals surface area contributed by atoms with Crippen molar-refractivity contribution in [3.63, 3.8) is 0 Å². The molecule has 160 valence electrons. The first-order chi connectivity index (χ1) is 13.8. The highest BCUT2D eigenvalue weighted by molar-refractivity contribution is 7.90. The predicted molar refractivity (Wildman–Crippen MR) is 109 cm³/mol. The fraction of sp³-hybridized carbons (Fsp3) is 0.524. The molecule has 7 nitrogen and oxygen atoms in total. The Morgan fingerprint density at radius 1 is 1.07 bits per heavy atom. The zero-order valence-corrected chi connectivity index (χ0v) is 17.7. The summed E-state index contributed by atoms with van der Waals surface area (Å²) in [7, 11) is -3.55. The lowest BCUT2D eigenvalue weighted by Crippen LogP contribution is -2.39. The van der Waals surface area contributed by atoms with E-state index in [4.69, 9.17) is 9.47 Å². The molecule has 1 unspecified atom stereocenters. The summed E-state index contributed by atoms with van der Waals surface area (Å²) < 4.78 is 38.4. The minimum Gasteiger partial charge on any atom is -0.460 e. The van der Waals surface area contributed by atoms with Gasteiger partial charge < -0.3 is 9.47 Å². The SMILES string of the molecule is CC(C)OC(=O)/C=C/C(=O)OCC(NS(=O)(=O)C1CCCCC1)c1ccccc1. The second-order valence-corrected chi connectivity index (χ2v) is 9.33. The zero-order valence-electron chi connectivity index (χ0n) is 16.9. The van der Waals surface area contributed by atoms with Crippen LogP contribution in [0, 0.1) is 0 Å². The maximum atomic E-state index is 12.8. The van der Waals surface area contributed by atoms with Crippen molar-refractivity contribution in [2.24, 2.45) is 0 Å². The van der Waals surface area contributed by atoms with E-state index in [2.05, 4.69) is 4.72 Å². The number of carbonyl (C=O) groups excluding carboxylic acids is 2. The van der Waals surface area contributed by atoms with E-state index in [0.717, 1.165) is 31.4 Å². The van der Waals surface area contributed by atoms with Crippen LogP contribution in [0.5, 0.6) is 0 Å². The Balaban J connectivity index is 2.02. The Morgan fingerprint density at radius 2 is 1.69 bits per heavy atom. The third kappa shape index (κ3) is 7.98. The molecule has 1 fully saturated rings. The van der Waals surface area contributed by atoms with Gasteiger partial charge in [0.05, 0.1) is 17.4 Å². The number of rotatable bonds is 9. The number of carbonyl (C=O) groups is 2. The first kappa shape index (κ1) is 23.1. The van der Waals surface area contributed by atoms with Gasteiger partial charge in [0.25, 0.3) is 0 Å². The molecule has 1 aromatic carbocycles. The van der Waals surface area contributed by atoms with Gasteiger partial charge in [-0.15, -0.1) is 0 Å². The number of benzene rings is 1. The number of esters is 2. The number of hydrogen-bond donors (Lipinski definition) is 1. The molecule has 1 N–H and O–H groups in total. The Labute approximate surface area is 172 Å². The number of ether oxygens (including phenoxy) is 2. The van der Waals surface area contributed by atoms with Crippen molar-refractivity contribution in [1.29, 1.82) is 0 Å². The van der Waals surface area contributed by atoms with Gasteiger partial charge in [-0.3, -0.25) is 0 Å². The van der Waals surface area contributed by atoms with Crippen molar-refractivity contribution in [3.05, 3.63) is 48.0 Å². The fourth-order valence-electron chi connectivity index (χ4n) is 3.17. The van der Waals surface area contributed by atoms with Crippen molar-refractivity contribution in [2.75, 3.05) is 6.61 Å². The van der Waals surface area contributed by atoms with Gasteiger partial charge in [0.2, 0.25) is 10.0 Å². The average Bonchev–Trinajstić information content (AvgIpc) is 2.70. The molecule has 0 saturated heterocycles. The number of nitrogens with one attached hydrogen (secondary N) is 1. The third-order valence-electron chi connectivity index (χ3n) is 4.60. The lowest BCUT2D eigenvalue weighted by atomic mass is 10.0. The van der Waals surface area contributed by atoms with Crippen LogP contribution in [0.4, 0.5) is 0 Å². The van der Waals surface area contributed by atoms with Crippen LogP contribution in [0.1, 0.15) is 57.6 Å². The molecule has 1 aliphatic rings. The average molecular weight is 424 g/mol. The predicted octanol–water partition coefficient (Wildman–Crippen LogP) is 3.03. The van der Waals surface area contributed by atoms with E-state index >= 15 is 0 Å². The van der Waals surface area contributed by atoms with Crippen LogP contribution < -0.4 is 4.72 Å². The molecule has 0 amide bonds. The molecule has 2 rings (SSSR count). The van der Waals surface area contributed by atoms with Crippen molar-refractivity contribution in [3.8, 4) is 0 Å². The minimum atomic E-state index is -3.55. The standard InChI is InChI=1S/C21H29NO6S/c1-16(2)28-21(24)14-13-20(23)27-15-19(17-9-5-3-6-10-17)22-29(25,26)18-11-7-4-8-12-18/h3,5-6,9-10,13-14,16,18-19,22H,4,7-8,11-12,15H2,1-2H3/b14-13+. The Hall–Kier alpha value is -2.19. The molecule has 0 aliphatic heterocycles. The fourth-order valence-corrected chi connectivity index (χ4v) is 4.92. The normalized spacial score (nSPS) is 16.7. The molecule has 0 heterocycles. The highest BCUT2D eigenvalue weighted by Crippen LogP contribution is 2.25. The number of sulfonamides is 1. The van der Waals surface area contributed by atoms with Gasteiger partial charge in [-0.2, -0.15) is 0 Å². The zero-order chi connectivity index (χ0) is 21.3. The van der Waals surface area contributed by atoms with E-state index in [-0.39, 0.29) is 12.7 Å². The van der Waals surface area contributed by atoms with Crippen LogP contribution in [-0.2, 0) is 29.1 Å². The van der Waals surface area contributed by atoms with Gasteiger partial charge in [0, 0.05) is 12.2 Å². The van der Waals surface area contributed by atoms with E-state index in [0.29, 0.717) is 18.4 Å². The molecule has 0 aromatic heterocycles. The highest BCUT2D eigenvalue weighted by Gasteiger charge is 2.30. The summed E-state index contributed by atoms with van der Waals surface area (Å²) in [4.78, 5) is 23.4. The van der Waals surface area contributed by atoms with Gasteiger partial charge in [-0.25, -0.2) is 22.7 Å². The maximum absolute atomic E-state index is 12.8. The first-order valence-electron chi connectivity index (χ1n) is 9.89. The summed E-state index contributed by atoms with van der Waals surface area (Å²) >= 11 is 0. The summed E-state index contributed by atoms with van der Waals surface area (Å²) in [6.07, 6.45) is 5.79. The van der Waals surface area contributed by atoms with Gasteiger partial charge >= 0.3 is 11.9 Å². The summed E-state index contributed by atoms with van der Waals surface area (Å²) in [6, 6.07) is 8.26. The topological polar surface area (TPSA) is 98.8 Å². The Morgan fingerprint density at radius 3 is 2.31 bits per heavy atom. The quantitative estimate of drug-likeness (QED) is 0.484. The molecule has 8 heteroatoms. The van der Waals surface area contributed by atoms with E-state index in [1.165, 1.54) is 0 Å². The number of hydrogen-bond acceptors (Lipinski definition) is 6. The van der Waals surface area contributed by atoms with E-state index < -0.39 is 33.3 Å². The van der Waals surface area contributed by atoms with E-state index in [9.17, 15) is 18.0 Å². The summed E-state index contributed by atoms with van der Waals surface area (Å²) in [5.74, 6) is -1.39. The van der Waals surface area contributed by atoms with Crippen LogP contribution >= 0.6 is 0 Å². The monoisotopic (exact) mass is 423 g/mol. The lowest BCUT2D eigenvalue weighted by Gasteiger charge is -2.25. The summed E-state index contributed by atoms with van der Waals surface area (Å²) in [5, 5.41) is -0.427. The first-order valence-corrected chi connectivity index (χ1v) is 11.4. The lowest BCUT2D eigenvalue weighted by molar-refractivity contribution is -0.143. The van der Waals surface area contributed by atoms with Crippen LogP contribution in [0.2, 0.25) is 0 Å². The molecule has 1 atom stereocenters. The molecule has 0 spiro atoms. The smallest absolute Gasteiger partial charge is 0.331 e. The van der Waals surface area contributed by atoms with Crippen LogP contribution in [0.15, 0.2) is 42.5 Å². The van der Waals surface area contributed by atoms with Crippen molar-refractivity contribution < 1.29 is 27.5 Å². The molecule has 1 aliphatic carbocycles. The van der Waals surface area contributed by atoms with Gasteiger partial charge in [0.15, 0.2) is 0 Å². The van der Waals surface area contributed by atoms with Crippen LogP contribution in [0.3, 0.4) is 0 Å². The Kier molecular flexibility index (Phi) is 8.85. The van der Waals surface area contributed by atoms with Crippen molar-refractivity contribution in [2.45, 2.75) is 63.3 Å². The molecule has 1 saturated carbocycles. The van der Waals surface area contributed by atoms with Crippen molar-refractivity contribution >= 4 is 22.0 Å². The van der Waals surface area contributed by atoms with Gasteiger partial charge in [-0.1, -0.05) is 49.6 Å². The van der Waals surface area contributed by atoms with Gasteiger partial charge in [-0.05, 0) is 32.3 Å².